The number of hydrogen-bond acceptors (Lipinski definition) is 5. The van der Waals surface area contributed by atoms with Crippen molar-refractivity contribution in [3.05, 3.63) is 64.9 Å². The number of rotatable bonds is 6. The lowest BCUT2D eigenvalue weighted by Crippen LogP contribution is -2.15. The molecule has 0 aliphatic carbocycles. The SMILES string of the molecule is Cc1ccc(-n2ccnc2SCC(=O)Nc2cc(S(C)(=O)=O)ccc2Cl)c(C)c1. The van der Waals surface area contributed by atoms with Gasteiger partial charge in [-0.1, -0.05) is 41.1 Å². The van der Waals surface area contributed by atoms with Crippen LogP contribution in [0.5, 0.6) is 0 Å². The molecule has 1 amide bonds. The minimum absolute atomic E-state index is 0.0928. The van der Waals surface area contributed by atoms with Gasteiger partial charge in [-0.2, -0.15) is 0 Å². The maximum atomic E-state index is 12.4. The fourth-order valence-electron chi connectivity index (χ4n) is 2.80. The molecule has 0 aliphatic heterocycles. The third kappa shape index (κ3) is 5.20. The van der Waals surface area contributed by atoms with Crippen LogP contribution < -0.4 is 5.32 Å². The quantitative estimate of drug-likeness (QED) is 0.568. The lowest BCUT2D eigenvalue weighted by molar-refractivity contribution is -0.113. The van der Waals surface area contributed by atoms with E-state index in [4.69, 9.17) is 11.6 Å². The normalized spacial score (nSPS) is 11.4. The fourth-order valence-corrected chi connectivity index (χ4v) is 4.38. The molecule has 0 fully saturated rings. The van der Waals surface area contributed by atoms with Crippen molar-refractivity contribution in [3.8, 4) is 5.69 Å². The molecule has 0 saturated carbocycles. The number of halogens is 1. The monoisotopic (exact) mass is 449 g/mol. The third-order valence-corrected chi connectivity index (χ3v) is 6.60. The lowest BCUT2D eigenvalue weighted by Gasteiger charge is -2.12. The van der Waals surface area contributed by atoms with Gasteiger partial charge in [-0.05, 0) is 43.7 Å². The van der Waals surface area contributed by atoms with Crippen LogP contribution in [0, 0.1) is 13.8 Å². The Morgan fingerprint density at radius 2 is 1.97 bits per heavy atom. The number of carbonyl (C=O) groups excluding carboxylic acids is 1. The zero-order valence-electron chi connectivity index (χ0n) is 16.1. The van der Waals surface area contributed by atoms with E-state index in [9.17, 15) is 13.2 Å². The Morgan fingerprint density at radius 3 is 2.66 bits per heavy atom. The number of sulfone groups is 1. The number of imidazole rings is 1. The number of hydrogen-bond donors (Lipinski definition) is 1. The van der Waals surface area contributed by atoms with Crippen LogP contribution in [0.1, 0.15) is 11.1 Å². The van der Waals surface area contributed by atoms with Gasteiger partial charge in [-0.15, -0.1) is 0 Å². The van der Waals surface area contributed by atoms with Gasteiger partial charge in [0.2, 0.25) is 5.91 Å². The molecular formula is C20H20ClN3O3S2. The van der Waals surface area contributed by atoms with Gasteiger partial charge >= 0.3 is 0 Å². The highest BCUT2D eigenvalue weighted by Gasteiger charge is 2.14. The summed E-state index contributed by atoms with van der Waals surface area (Å²) in [5, 5.41) is 3.62. The predicted octanol–water partition coefficient (Wildman–Crippen LogP) is 4.28. The molecule has 0 atom stereocenters. The van der Waals surface area contributed by atoms with Crippen molar-refractivity contribution in [2.75, 3.05) is 17.3 Å². The summed E-state index contributed by atoms with van der Waals surface area (Å²) in [6, 6.07) is 10.4. The van der Waals surface area contributed by atoms with Gasteiger partial charge in [-0.25, -0.2) is 13.4 Å². The first-order chi connectivity index (χ1) is 13.6. The van der Waals surface area contributed by atoms with E-state index in [1.54, 1.807) is 6.20 Å². The summed E-state index contributed by atoms with van der Waals surface area (Å²) in [4.78, 5) is 16.8. The first-order valence-corrected chi connectivity index (χ1v) is 11.9. The number of amides is 1. The summed E-state index contributed by atoms with van der Waals surface area (Å²) < 4.78 is 25.4. The second kappa shape index (κ2) is 8.61. The van der Waals surface area contributed by atoms with Gasteiger partial charge in [0.15, 0.2) is 15.0 Å². The average molecular weight is 450 g/mol. The van der Waals surface area contributed by atoms with Gasteiger partial charge in [0.1, 0.15) is 0 Å². The smallest absolute Gasteiger partial charge is 0.234 e. The van der Waals surface area contributed by atoms with E-state index in [1.807, 2.05) is 36.7 Å². The number of nitrogens with one attached hydrogen (secondary N) is 1. The van der Waals surface area contributed by atoms with Crippen LogP contribution in [0.4, 0.5) is 5.69 Å². The zero-order valence-corrected chi connectivity index (χ0v) is 18.5. The van der Waals surface area contributed by atoms with Crippen molar-refractivity contribution < 1.29 is 13.2 Å². The summed E-state index contributed by atoms with van der Waals surface area (Å²) in [5.41, 5.74) is 3.55. The molecule has 152 valence electrons. The van der Waals surface area contributed by atoms with E-state index < -0.39 is 9.84 Å². The summed E-state index contributed by atoms with van der Waals surface area (Å²) in [7, 11) is -3.40. The fraction of sp³-hybridized carbons (Fsp3) is 0.200. The number of aryl methyl sites for hydroxylation is 2. The second-order valence-electron chi connectivity index (χ2n) is 6.62. The van der Waals surface area contributed by atoms with Crippen molar-refractivity contribution in [2.45, 2.75) is 23.9 Å². The maximum absolute atomic E-state index is 12.4. The number of thioether (sulfide) groups is 1. The molecule has 1 heterocycles. The van der Waals surface area contributed by atoms with Crippen LogP contribution in [-0.4, -0.2) is 35.9 Å². The van der Waals surface area contributed by atoms with Crippen LogP contribution in [-0.2, 0) is 14.6 Å². The molecule has 0 unspecified atom stereocenters. The lowest BCUT2D eigenvalue weighted by atomic mass is 10.1. The molecular weight excluding hydrogens is 430 g/mol. The van der Waals surface area contributed by atoms with Crippen molar-refractivity contribution in [3.63, 3.8) is 0 Å². The van der Waals surface area contributed by atoms with Crippen molar-refractivity contribution >= 4 is 44.8 Å². The highest BCUT2D eigenvalue weighted by atomic mass is 35.5. The van der Waals surface area contributed by atoms with Crippen LogP contribution in [0.3, 0.4) is 0 Å². The van der Waals surface area contributed by atoms with E-state index in [2.05, 4.69) is 16.4 Å². The maximum Gasteiger partial charge on any atom is 0.234 e. The van der Waals surface area contributed by atoms with Crippen molar-refractivity contribution in [1.29, 1.82) is 0 Å². The van der Waals surface area contributed by atoms with E-state index in [-0.39, 0.29) is 27.3 Å². The molecule has 2 aromatic carbocycles. The summed E-state index contributed by atoms with van der Waals surface area (Å²) >= 11 is 7.38. The summed E-state index contributed by atoms with van der Waals surface area (Å²) in [5.74, 6) is -0.209. The minimum atomic E-state index is -3.40. The molecule has 1 aromatic heterocycles. The van der Waals surface area contributed by atoms with E-state index in [0.717, 1.165) is 17.5 Å². The predicted molar refractivity (Wildman–Crippen MR) is 117 cm³/mol. The highest BCUT2D eigenvalue weighted by Crippen LogP contribution is 2.27. The first-order valence-electron chi connectivity index (χ1n) is 8.68. The van der Waals surface area contributed by atoms with E-state index >= 15 is 0 Å². The Kier molecular flexibility index (Phi) is 6.36. The van der Waals surface area contributed by atoms with Gasteiger partial charge in [0.05, 0.1) is 27.0 Å². The Bertz CT molecular complexity index is 1170. The number of aromatic nitrogens is 2. The minimum Gasteiger partial charge on any atom is -0.324 e. The number of nitrogens with zero attached hydrogens (tertiary/aromatic N) is 2. The Labute approximate surface area is 179 Å². The van der Waals surface area contributed by atoms with Crippen LogP contribution in [0.15, 0.2) is 58.8 Å². The van der Waals surface area contributed by atoms with Crippen LogP contribution in [0.2, 0.25) is 5.02 Å². The Balaban J connectivity index is 1.72. The molecule has 9 heteroatoms. The van der Waals surface area contributed by atoms with Gasteiger partial charge < -0.3 is 5.32 Å². The van der Waals surface area contributed by atoms with Crippen molar-refractivity contribution in [1.82, 2.24) is 9.55 Å². The van der Waals surface area contributed by atoms with E-state index in [0.29, 0.717) is 5.16 Å². The molecule has 29 heavy (non-hydrogen) atoms. The highest BCUT2D eigenvalue weighted by molar-refractivity contribution is 7.99. The molecule has 3 aromatic rings. The van der Waals surface area contributed by atoms with Crippen LogP contribution >= 0.6 is 23.4 Å². The zero-order chi connectivity index (χ0) is 21.2. The van der Waals surface area contributed by atoms with Crippen molar-refractivity contribution in [2.24, 2.45) is 0 Å². The number of carbonyl (C=O) groups is 1. The molecule has 0 radical (unpaired) electrons. The number of anilines is 1. The van der Waals surface area contributed by atoms with Gasteiger partial charge in [0.25, 0.3) is 0 Å². The molecule has 0 aliphatic rings. The number of benzene rings is 2. The molecule has 6 nitrogen and oxygen atoms in total. The van der Waals surface area contributed by atoms with Crippen LogP contribution in [0.25, 0.3) is 5.69 Å². The van der Waals surface area contributed by atoms with Gasteiger partial charge in [-0.3, -0.25) is 9.36 Å². The second-order valence-corrected chi connectivity index (χ2v) is 9.99. The molecule has 0 bridgehead atoms. The third-order valence-electron chi connectivity index (χ3n) is 4.19. The Morgan fingerprint density at radius 1 is 1.21 bits per heavy atom. The van der Waals surface area contributed by atoms with Gasteiger partial charge in [0, 0.05) is 18.6 Å². The molecule has 0 spiro atoms. The largest absolute Gasteiger partial charge is 0.324 e. The summed E-state index contributed by atoms with van der Waals surface area (Å²) in [6.07, 6.45) is 4.64. The molecule has 1 N–H and O–H groups in total. The van der Waals surface area contributed by atoms with E-state index in [1.165, 1.54) is 35.5 Å². The Hall–Kier alpha value is -2.29. The summed E-state index contributed by atoms with van der Waals surface area (Å²) in [6.45, 7) is 4.06. The average Bonchev–Trinajstić information content (AvgIpc) is 3.09. The molecule has 0 saturated heterocycles. The topological polar surface area (TPSA) is 81.1 Å². The molecule has 3 rings (SSSR count). The standard InChI is InChI=1S/C20H20ClN3O3S2/c1-13-4-7-18(14(2)10-13)24-9-8-22-20(24)28-12-19(25)23-17-11-15(29(3,26)27)5-6-16(17)21/h4-11H,12H2,1-3H3,(H,23,25). The first kappa shape index (κ1) is 21.4.